The molecule has 2 rings (SSSR count). The first-order chi connectivity index (χ1) is 8.22. The predicted octanol–water partition coefficient (Wildman–Crippen LogP) is 1.67. The van der Waals surface area contributed by atoms with Crippen LogP contribution in [0, 0.1) is 0 Å². The van der Waals surface area contributed by atoms with Gasteiger partial charge in [0, 0.05) is 4.43 Å². The smallest absolute Gasteiger partial charge is 0.290 e. The van der Waals surface area contributed by atoms with E-state index < -0.39 is 0 Å². The average molecular weight is 352 g/mol. The van der Waals surface area contributed by atoms with Crippen LogP contribution in [0.2, 0.25) is 0 Å². The van der Waals surface area contributed by atoms with Crippen molar-refractivity contribution >= 4 is 29.1 Å². The maximum Gasteiger partial charge on any atom is 0.290 e. The maximum atomic E-state index is 9.40. The fourth-order valence-corrected chi connectivity index (χ4v) is 1.99. The molecule has 0 aliphatic carbocycles. The highest BCUT2D eigenvalue weighted by Gasteiger charge is 2.38. The van der Waals surface area contributed by atoms with Gasteiger partial charge in [-0.1, -0.05) is 34.7 Å². The summed E-state index contributed by atoms with van der Waals surface area (Å²) in [7, 11) is 0. The molecule has 2 unspecified atom stereocenters. The molecule has 1 aromatic carbocycles. The van der Waals surface area contributed by atoms with E-state index in [9.17, 15) is 5.11 Å². The number of phenols is 1. The van der Waals surface area contributed by atoms with Crippen molar-refractivity contribution < 1.29 is 24.5 Å². The number of rotatable bonds is 4. The first-order valence-electron chi connectivity index (χ1n) is 4.93. The second-order valence-corrected chi connectivity index (χ2v) is 4.13. The number of carboxylic acid groups (broad SMARTS) is 1. The van der Waals surface area contributed by atoms with E-state index >= 15 is 0 Å². The number of ether oxygens (including phenoxy) is 2. The highest BCUT2D eigenvalue weighted by Crippen LogP contribution is 2.28. The van der Waals surface area contributed by atoms with Crippen LogP contribution in [0.15, 0.2) is 24.3 Å². The molecule has 1 saturated heterocycles. The quantitative estimate of drug-likeness (QED) is 0.373. The fraction of sp³-hybridized carbons (Fsp3) is 0.364. The third-order valence-corrected chi connectivity index (χ3v) is 2.98. The fourth-order valence-electron chi connectivity index (χ4n) is 1.21. The summed E-state index contributed by atoms with van der Waals surface area (Å²) < 4.78 is 11.7. The number of epoxide rings is 1. The first-order valence-corrected chi connectivity index (χ1v) is 6.45. The number of benzene rings is 1. The van der Waals surface area contributed by atoms with Crippen LogP contribution >= 0.6 is 22.6 Å². The average Bonchev–Trinajstić information content (AvgIpc) is 3.08. The molecule has 0 spiro atoms. The van der Waals surface area contributed by atoms with Gasteiger partial charge >= 0.3 is 0 Å². The van der Waals surface area contributed by atoms with E-state index in [0.717, 1.165) is 4.43 Å². The van der Waals surface area contributed by atoms with Crippen LogP contribution < -0.4 is 4.74 Å². The summed E-state index contributed by atoms with van der Waals surface area (Å²) in [5.41, 5.74) is 0. The topological polar surface area (TPSA) is 79.3 Å². The molecule has 2 N–H and O–H groups in total. The number of aromatic hydroxyl groups is 1. The zero-order chi connectivity index (χ0) is 12.7. The molecule has 1 aliphatic heterocycles. The molecular formula is C11H13IO5. The standard InChI is InChI=1S/C10H11IO3.CH2O2/c11-5-9-10(14-9)6-13-8-4-2-1-3-7(8)12;2-1-3/h1-4,9-10,12H,5-6H2;1H,(H,2,3). The Morgan fingerprint density at radius 2 is 2.06 bits per heavy atom. The summed E-state index contributed by atoms with van der Waals surface area (Å²) in [4.78, 5) is 8.36. The summed E-state index contributed by atoms with van der Waals surface area (Å²) in [6.07, 6.45) is 0.535. The lowest BCUT2D eigenvalue weighted by atomic mass is 10.3. The van der Waals surface area contributed by atoms with Crippen molar-refractivity contribution in [3.63, 3.8) is 0 Å². The number of phenolic OH excluding ortho intramolecular Hbond substituents is 1. The lowest BCUT2D eigenvalue weighted by molar-refractivity contribution is -0.122. The molecular weight excluding hydrogens is 339 g/mol. The lowest BCUT2D eigenvalue weighted by Crippen LogP contribution is -2.08. The largest absolute Gasteiger partial charge is 0.504 e. The molecule has 94 valence electrons. The summed E-state index contributed by atoms with van der Waals surface area (Å²) in [5.74, 6) is 0.703. The van der Waals surface area contributed by atoms with Crippen LogP contribution in [0.25, 0.3) is 0 Å². The molecule has 0 radical (unpaired) electrons. The molecule has 0 aromatic heterocycles. The Morgan fingerprint density at radius 3 is 2.59 bits per heavy atom. The normalized spacial score (nSPS) is 21.0. The maximum absolute atomic E-state index is 9.40. The van der Waals surface area contributed by atoms with Crippen molar-refractivity contribution in [1.82, 2.24) is 0 Å². The number of alkyl halides is 1. The Kier molecular flexibility index (Phi) is 6.06. The van der Waals surface area contributed by atoms with Gasteiger partial charge in [0.05, 0.1) is 6.10 Å². The molecule has 5 nitrogen and oxygen atoms in total. The van der Waals surface area contributed by atoms with E-state index in [-0.39, 0.29) is 18.3 Å². The lowest BCUT2D eigenvalue weighted by Gasteiger charge is -2.05. The predicted molar refractivity (Wildman–Crippen MR) is 69.8 cm³/mol. The summed E-state index contributed by atoms with van der Waals surface area (Å²) >= 11 is 2.29. The summed E-state index contributed by atoms with van der Waals surface area (Å²) in [6, 6.07) is 6.96. The minimum absolute atomic E-state index is 0.180. The van der Waals surface area contributed by atoms with Crippen LogP contribution in [0.5, 0.6) is 11.5 Å². The van der Waals surface area contributed by atoms with E-state index in [2.05, 4.69) is 22.6 Å². The van der Waals surface area contributed by atoms with Crippen molar-refractivity contribution in [2.45, 2.75) is 12.2 Å². The number of para-hydroxylation sites is 2. The van der Waals surface area contributed by atoms with Crippen LogP contribution in [0.3, 0.4) is 0 Å². The molecule has 2 atom stereocenters. The van der Waals surface area contributed by atoms with Crippen molar-refractivity contribution in [3.8, 4) is 11.5 Å². The summed E-state index contributed by atoms with van der Waals surface area (Å²) in [5, 5.41) is 16.3. The van der Waals surface area contributed by atoms with E-state index in [0.29, 0.717) is 18.5 Å². The van der Waals surface area contributed by atoms with Gasteiger partial charge in [-0.05, 0) is 12.1 Å². The molecule has 0 bridgehead atoms. The summed E-state index contributed by atoms with van der Waals surface area (Å²) in [6.45, 7) is 0.269. The number of hydrogen-bond acceptors (Lipinski definition) is 4. The van der Waals surface area contributed by atoms with Gasteiger partial charge in [-0.15, -0.1) is 0 Å². The Bertz CT molecular complexity index is 357. The van der Waals surface area contributed by atoms with Crippen LogP contribution in [0.4, 0.5) is 0 Å². The van der Waals surface area contributed by atoms with Crippen LogP contribution in [0.1, 0.15) is 0 Å². The van der Waals surface area contributed by atoms with Crippen LogP contribution in [-0.4, -0.2) is 39.9 Å². The Labute approximate surface area is 112 Å². The molecule has 1 fully saturated rings. The van der Waals surface area contributed by atoms with E-state index in [1.807, 2.05) is 6.07 Å². The Balaban J connectivity index is 0.000000437. The second kappa shape index (κ2) is 7.33. The SMILES string of the molecule is O=CO.Oc1ccccc1OCC1OC1CI. The zero-order valence-electron chi connectivity index (χ0n) is 8.95. The van der Waals surface area contributed by atoms with Crippen molar-refractivity contribution in [1.29, 1.82) is 0 Å². The van der Waals surface area contributed by atoms with Crippen molar-refractivity contribution in [2.24, 2.45) is 0 Å². The van der Waals surface area contributed by atoms with Gasteiger partial charge in [-0.25, -0.2) is 0 Å². The third kappa shape index (κ3) is 4.78. The van der Waals surface area contributed by atoms with Gasteiger partial charge in [0.25, 0.3) is 6.47 Å². The second-order valence-electron chi connectivity index (χ2n) is 3.25. The number of hydrogen-bond donors (Lipinski definition) is 2. The Hall–Kier alpha value is -1.02. The minimum atomic E-state index is -0.250. The van der Waals surface area contributed by atoms with Gasteiger partial charge < -0.3 is 19.7 Å². The van der Waals surface area contributed by atoms with E-state index in [4.69, 9.17) is 19.4 Å². The monoisotopic (exact) mass is 352 g/mol. The highest BCUT2D eigenvalue weighted by atomic mass is 127. The first kappa shape index (κ1) is 14.0. The number of carbonyl (C=O) groups is 1. The molecule has 1 aliphatic rings. The molecule has 1 aromatic rings. The molecule has 6 heteroatoms. The van der Waals surface area contributed by atoms with Gasteiger partial charge in [-0.2, -0.15) is 0 Å². The van der Waals surface area contributed by atoms with Gasteiger partial charge in [0.15, 0.2) is 11.5 Å². The third-order valence-electron chi connectivity index (χ3n) is 2.11. The van der Waals surface area contributed by atoms with E-state index in [1.165, 1.54) is 0 Å². The number of halogens is 1. The molecule has 0 amide bonds. The van der Waals surface area contributed by atoms with Crippen molar-refractivity contribution in [2.75, 3.05) is 11.0 Å². The van der Waals surface area contributed by atoms with Gasteiger partial charge in [0.2, 0.25) is 0 Å². The van der Waals surface area contributed by atoms with Gasteiger partial charge in [-0.3, -0.25) is 4.79 Å². The molecule has 0 saturated carbocycles. The Morgan fingerprint density at radius 1 is 1.41 bits per heavy atom. The molecule has 1 heterocycles. The molecule has 17 heavy (non-hydrogen) atoms. The van der Waals surface area contributed by atoms with Crippen LogP contribution in [-0.2, 0) is 9.53 Å². The highest BCUT2D eigenvalue weighted by molar-refractivity contribution is 14.1. The zero-order valence-corrected chi connectivity index (χ0v) is 11.1. The van der Waals surface area contributed by atoms with Gasteiger partial charge in [0.1, 0.15) is 12.7 Å². The minimum Gasteiger partial charge on any atom is -0.504 e. The van der Waals surface area contributed by atoms with E-state index in [1.54, 1.807) is 18.2 Å². The van der Waals surface area contributed by atoms with Crippen molar-refractivity contribution in [3.05, 3.63) is 24.3 Å².